The van der Waals surface area contributed by atoms with Crippen molar-refractivity contribution in [3.63, 3.8) is 0 Å². The van der Waals surface area contributed by atoms with Crippen molar-refractivity contribution in [2.75, 3.05) is 73.7 Å². The largest absolute Gasteiger partial charge is 0.493 e. The minimum Gasteiger partial charge on any atom is -0.493 e. The van der Waals surface area contributed by atoms with Gasteiger partial charge in [0.2, 0.25) is 11.8 Å². The van der Waals surface area contributed by atoms with Crippen molar-refractivity contribution in [2.24, 2.45) is 0 Å². The molecule has 2 heterocycles. The summed E-state index contributed by atoms with van der Waals surface area (Å²) in [5.41, 5.74) is 1.01. The summed E-state index contributed by atoms with van der Waals surface area (Å²) in [6.07, 6.45) is 0.192. The lowest BCUT2D eigenvalue weighted by Gasteiger charge is -2.38. The summed E-state index contributed by atoms with van der Waals surface area (Å²) >= 11 is 0. The predicted molar refractivity (Wildman–Crippen MR) is 116 cm³/mol. The second-order valence-corrected chi connectivity index (χ2v) is 7.89. The number of nitrogens with one attached hydrogen (secondary N) is 1. The van der Waals surface area contributed by atoms with E-state index in [1.807, 2.05) is 23.1 Å². The van der Waals surface area contributed by atoms with E-state index in [0.717, 1.165) is 25.2 Å². The Hall–Kier alpha value is -2.36. The van der Waals surface area contributed by atoms with Crippen LogP contribution in [0.5, 0.6) is 11.5 Å². The summed E-state index contributed by atoms with van der Waals surface area (Å²) in [5, 5.41) is 2.91. The molecular weight excluding hydrogens is 400 g/mol. The molecule has 1 aromatic carbocycles. The minimum atomic E-state index is -0.471. The van der Waals surface area contributed by atoms with E-state index in [1.54, 1.807) is 21.3 Å². The fourth-order valence-corrected chi connectivity index (χ4v) is 4.12. The highest BCUT2D eigenvalue weighted by atomic mass is 16.5. The van der Waals surface area contributed by atoms with Crippen LogP contribution in [0, 0.1) is 0 Å². The Morgan fingerprint density at radius 3 is 2.48 bits per heavy atom. The van der Waals surface area contributed by atoms with Gasteiger partial charge in [0, 0.05) is 59.5 Å². The van der Waals surface area contributed by atoms with Crippen LogP contribution in [0.1, 0.15) is 12.0 Å². The highest BCUT2D eigenvalue weighted by Gasteiger charge is 2.33. The van der Waals surface area contributed by atoms with E-state index in [2.05, 4.69) is 15.1 Å². The molecule has 31 heavy (non-hydrogen) atoms. The first kappa shape index (κ1) is 23.3. The normalized spacial score (nSPS) is 20.4. The molecule has 9 nitrogen and oxygen atoms in total. The van der Waals surface area contributed by atoms with Gasteiger partial charge in [-0.25, -0.2) is 0 Å². The van der Waals surface area contributed by atoms with Gasteiger partial charge in [0.1, 0.15) is 0 Å². The van der Waals surface area contributed by atoms with Crippen LogP contribution in [-0.4, -0.2) is 106 Å². The maximum Gasteiger partial charge on any atom is 0.237 e. The molecule has 0 spiro atoms. The molecule has 1 N–H and O–H groups in total. The summed E-state index contributed by atoms with van der Waals surface area (Å²) < 4.78 is 15.8. The molecular formula is C22H34N4O5. The molecule has 0 radical (unpaired) electrons. The summed E-state index contributed by atoms with van der Waals surface area (Å²) in [7, 11) is 4.90. The lowest BCUT2D eigenvalue weighted by molar-refractivity contribution is -0.140. The lowest BCUT2D eigenvalue weighted by atomic mass is 10.1. The molecule has 1 aromatic rings. The van der Waals surface area contributed by atoms with Gasteiger partial charge < -0.3 is 24.4 Å². The summed E-state index contributed by atoms with van der Waals surface area (Å²) in [6, 6.07) is 5.28. The Labute approximate surface area is 184 Å². The smallest absolute Gasteiger partial charge is 0.237 e. The highest BCUT2D eigenvalue weighted by molar-refractivity contribution is 5.88. The zero-order valence-electron chi connectivity index (χ0n) is 18.8. The van der Waals surface area contributed by atoms with Gasteiger partial charge >= 0.3 is 0 Å². The number of amides is 2. The van der Waals surface area contributed by atoms with E-state index in [-0.39, 0.29) is 18.2 Å². The van der Waals surface area contributed by atoms with Crippen LogP contribution in [0.2, 0.25) is 0 Å². The number of hydrogen-bond donors (Lipinski definition) is 1. The van der Waals surface area contributed by atoms with Crippen LogP contribution in [0.15, 0.2) is 18.2 Å². The first-order valence-electron chi connectivity index (χ1n) is 10.8. The van der Waals surface area contributed by atoms with Gasteiger partial charge in [-0.3, -0.25) is 19.4 Å². The maximum absolute atomic E-state index is 13.0. The van der Waals surface area contributed by atoms with Crippen LogP contribution in [0.4, 0.5) is 0 Å². The van der Waals surface area contributed by atoms with Crippen LogP contribution in [0.3, 0.4) is 0 Å². The molecule has 3 rings (SSSR count). The molecule has 2 aliphatic rings. The van der Waals surface area contributed by atoms with Gasteiger partial charge in [0.05, 0.1) is 33.3 Å². The Morgan fingerprint density at radius 2 is 1.81 bits per heavy atom. The third kappa shape index (κ3) is 6.09. The van der Waals surface area contributed by atoms with Gasteiger partial charge in [0.25, 0.3) is 0 Å². The molecule has 2 fully saturated rings. The van der Waals surface area contributed by atoms with E-state index in [1.165, 1.54) is 0 Å². The topological polar surface area (TPSA) is 83.6 Å². The van der Waals surface area contributed by atoms with Crippen LogP contribution < -0.4 is 14.8 Å². The SMILES string of the molecule is COCCN1CCN(C(=O)CC2C(=O)NCCN2Cc2ccc(OC)c(OC)c2)CC1. The molecule has 0 saturated carbocycles. The molecule has 2 amide bonds. The first-order valence-corrected chi connectivity index (χ1v) is 10.8. The van der Waals surface area contributed by atoms with Crippen molar-refractivity contribution < 1.29 is 23.8 Å². The van der Waals surface area contributed by atoms with E-state index in [0.29, 0.717) is 50.8 Å². The molecule has 2 aliphatic heterocycles. The predicted octanol–water partition coefficient (Wildman–Crippen LogP) is 0.185. The van der Waals surface area contributed by atoms with Crippen molar-refractivity contribution in [1.82, 2.24) is 20.0 Å². The monoisotopic (exact) mass is 434 g/mol. The molecule has 0 bridgehead atoms. The maximum atomic E-state index is 13.0. The van der Waals surface area contributed by atoms with Crippen molar-refractivity contribution in [1.29, 1.82) is 0 Å². The molecule has 9 heteroatoms. The zero-order chi connectivity index (χ0) is 22.2. The Balaban J connectivity index is 1.61. The number of hydrogen-bond acceptors (Lipinski definition) is 7. The van der Waals surface area contributed by atoms with E-state index < -0.39 is 6.04 Å². The number of methoxy groups -OCH3 is 3. The lowest BCUT2D eigenvalue weighted by Crippen LogP contribution is -2.57. The van der Waals surface area contributed by atoms with Gasteiger partial charge in [-0.2, -0.15) is 0 Å². The Morgan fingerprint density at radius 1 is 1.06 bits per heavy atom. The average Bonchev–Trinajstić information content (AvgIpc) is 2.80. The molecule has 1 atom stereocenters. The Kier molecular flexibility index (Phi) is 8.51. The number of carbonyl (C=O) groups is 2. The van der Waals surface area contributed by atoms with Crippen molar-refractivity contribution in [2.45, 2.75) is 19.0 Å². The van der Waals surface area contributed by atoms with Gasteiger partial charge in [0.15, 0.2) is 11.5 Å². The fourth-order valence-electron chi connectivity index (χ4n) is 4.12. The molecule has 0 aromatic heterocycles. The number of carbonyl (C=O) groups excluding carboxylic acids is 2. The highest BCUT2D eigenvalue weighted by Crippen LogP contribution is 2.28. The molecule has 172 valence electrons. The van der Waals surface area contributed by atoms with Crippen molar-refractivity contribution in [3.05, 3.63) is 23.8 Å². The molecule has 1 unspecified atom stereocenters. The summed E-state index contributed by atoms with van der Waals surface area (Å²) in [4.78, 5) is 31.8. The van der Waals surface area contributed by atoms with Crippen LogP contribution >= 0.6 is 0 Å². The number of ether oxygens (including phenoxy) is 3. The number of rotatable bonds is 9. The van der Waals surface area contributed by atoms with Crippen LogP contribution in [-0.2, 0) is 20.9 Å². The van der Waals surface area contributed by atoms with E-state index in [4.69, 9.17) is 14.2 Å². The van der Waals surface area contributed by atoms with Crippen molar-refractivity contribution in [3.8, 4) is 11.5 Å². The van der Waals surface area contributed by atoms with Gasteiger partial charge in [-0.15, -0.1) is 0 Å². The minimum absolute atomic E-state index is 0.0331. The van der Waals surface area contributed by atoms with Crippen LogP contribution in [0.25, 0.3) is 0 Å². The number of piperazine rings is 2. The van der Waals surface area contributed by atoms with Crippen molar-refractivity contribution >= 4 is 11.8 Å². The third-order valence-electron chi connectivity index (χ3n) is 5.98. The quantitative estimate of drug-likeness (QED) is 0.594. The second kappa shape index (κ2) is 11.3. The first-order chi connectivity index (χ1) is 15.0. The number of benzene rings is 1. The van der Waals surface area contributed by atoms with E-state index >= 15 is 0 Å². The fraction of sp³-hybridized carbons (Fsp3) is 0.636. The molecule has 0 aliphatic carbocycles. The zero-order valence-corrected chi connectivity index (χ0v) is 18.8. The summed E-state index contributed by atoms with van der Waals surface area (Å²) in [6.45, 7) is 6.46. The van der Waals surface area contributed by atoms with Gasteiger partial charge in [-0.05, 0) is 17.7 Å². The third-order valence-corrected chi connectivity index (χ3v) is 5.98. The second-order valence-electron chi connectivity index (χ2n) is 7.89. The summed E-state index contributed by atoms with van der Waals surface area (Å²) in [5.74, 6) is 1.27. The number of nitrogens with zero attached hydrogens (tertiary/aromatic N) is 3. The Bertz CT molecular complexity index is 751. The standard InChI is InChI=1S/C22H34N4O5/c1-29-13-12-24-8-10-25(11-9-24)21(27)15-18-22(28)23-6-7-26(18)16-17-4-5-19(30-2)20(14-17)31-3/h4-5,14,18H,6-13,15-16H2,1-3H3,(H,23,28). The molecule has 2 saturated heterocycles. The van der Waals surface area contributed by atoms with E-state index in [9.17, 15) is 9.59 Å². The average molecular weight is 435 g/mol. The van der Waals surface area contributed by atoms with Gasteiger partial charge in [-0.1, -0.05) is 6.07 Å².